The van der Waals surface area contributed by atoms with Crippen molar-refractivity contribution in [2.45, 2.75) is 69.5 Å². The number of aryl methyl sites for hydroxylation is 1. The van der Waals surface area contributed by atoms with E-state index in [4.69, 9.17) is 9.47 Å². The molecule has 1 aromatic heterocycles. The first-order valence-electron chi connectivity index (χ1n) is 16.5. The first-order valence-corrected chi connectivity index (χ1v) is 18.0. The number of aliphatic hydroxyl groups excluding tert-OH is 1. The van der Waals surface area contributed by atoms with E-state index in [1.807, 2.05) is 13.8 Å². The molecule has 4 atom stereocenters. The molecule has 3 aromatic rings. The van der Waals surface area contributed by atoms with Crippen LogP contribution in [-0.2, 0) is 28.0 Å². The van der Waals surface area contributed by atoms with Crippen LogP contribution in [0.15, 0.2) is 60.0 Å². The van der Waals surface area contributed by atoms with Crippen LogP contribution < -0.4 is 15.4 Å². The van der Waals surface area contributed by atoms with Crippen molar-refractivity contribution in [2.24, 2.45) is 13.0 Å². The Labute approximate surface area is 295 Å². The lowest BCUT2D eigenvalue weighted by Crippen LogP contribution is -2.48. The molecule has 3 amide bonds. The van der Waals surface area contributed by atoms with Crippen LogP contribution in [0, 0.1) is 5.92 Å². The Morgan fingerprint density at radius 2 is 1.78 bits per heavy atom. The van der Waals surface area contributed by atoms with Gasteiger partial charge in [0.15, 0.2) is 5.03 Å². The molecule has 0 aliphatic carbocycles. The van der Waals surface area contributed by atoms with Gasteiger partial charge in [-0.05, 0) is 75.6 Å². The van der Waals surface area contributed by atoms with E-state index in [9.17, 15) is 36.3 Å². The lowest BCUT2D eigenvalue weighted by molar-refractivity contribution is -0.137. The average molecular weight is 739 g/mol. The standard InChI is InChI=1S/C34H45F3N6O7S/c1-22-17-43(23(2)20-44)32(45)28-16-27(40-33(46)39-26-11-9-25(10-12-26)34(35,36)37)13-14-29(28)50-24(3)8-6-7-15-49-30(22)18-42(5)51(47,48)31-19-41(4)21-38-31/h9-14,16,19,21-24,30,44H,6-8,15,17-18,20H2,1-5H3,(H2,39,40,46)/t22-,23-,24+,30-/m1/s1. The smallest absolute Gasteiger partial charge is 0.416 e. The third kappa shape index (κ3) is 10.4. The van der Waals surface area contributed by atoms with Crippen molar-refractivity contribution in [1.29, 1.82) is 0 Å². The van der Waals surface area contributed by atoms with E-state index in [-0.39, 0.29) is 53.5 Å². The number of amides is 3. The number of nitrogens with zero attached hydrogens (tertiary/aromatic N) is 4. The van der Waals surface area contributed by atoms with Crippen molar-refractivity contribution in [3.05, 3.63) is 66.1 Å². The predicted octanol–water partition coefficient (Wildman–Crippen LogP) is 5.20. The van der Waals surface area contributed by atoms with E-state index >= 15 is 0 Å². The van der Waals surface area contributed by atoms with Gasteiger partial charge in [-0.25, -0.2) is 18.2 Å². The minimum atomic E-state index is -4.52. The number of hydrogen-bond donors (Lipinski definition) is 3. The summed E-state index contributed by atoms with van der Waals surface area (Å²) < 4.78 is 80.6. The number of fused-ring (bicyclic) bond motifs is 1. The Morgan fingerprint density at radius 1 is 1.12 bits per heavy atom. The fourth-order valence-corrected chi connectivity index (χ4v) is 6.67. The van der Waals surface area contributed by atoms with Crippen LogP contribution >= 0.6 is 0 Å². The Morgan fingerprint density at radius 3 is 2.41 bits per heavy atom. The maximum absolute atomic E-state index is 14.3. The molecule has 0 radical (unpaired) electrons. The predicted molar refractivity (Wildman–Crippen MR) is 184 cm³/mol. The number of nitrogens with one attached hydrogen (secondary N) is 2. The first-order chi connectivity index (χ1) is 24.0. The molecule has 0 saturated heterocycles. The van der Waals surface area contributed by atoms with Crippen LogP contribution in [0.25, 0.3) is 0 Å². The molecule has 4 rings (SSSR count). The van der Waals surface area contributed by atoms with Gasteiger partial charge in [0.1, 0.15) is 5.75 Å². The number of halogens is 3. The Balaban J connectivity index is 1.60. The van der Waals surface area contributed by atoms with Gasteiger partial charge < -0.3 is 34.7 Å². The number of benzene rings is 2. The third-order valence-corrected chi connectivity index (χ3v) is 10.3. The molecule has 2 aromatic carbocycles. The number of ether oxygens (including phenoxy) is 2. The van der Waals surface area contributed by atoms with Crippen LogP contribution in [0.1, 0.15) is 56.0 Å². The Hall–Kier alpha value is -4.19. The SMILES string of the molecule is C[C@@H]1CN([C@H](C)CO)C(=O)c2cc(NC(=O)Nc3ccc(C(F)(F)F)cc3)ccc2O[C@@H](C)CCCCO[C@@H]1CN(C)S(=O)(=O)c1cn(C)cn1. The summed E-state index contributed by atoms with van der Waals surface area (Å²) in [5.41, 5.74) is -0.427. The molecule has 0 fully saturated rings. The zero-order chi connectivity index (χ0) is 37.5. The molecular weight excluding hydrogens is 693 g/mol. The van der Waals surface area contributed by atoms with Gasteiger partial charge >= 0.3 is 12.2 Å². The van der Waals surface area contributed by atoms with Crippen LogP contribution in [0.3, 0.4) is 0 Å². The largest absolute Gasteiger partial charge is 0.490 e. The number of alkyl halides is 3. The molecule has 0 saturated carbocycles. The number of aromatic nitrogens is 2. The second-order valence-electron chi connectivity index (χ2n) is 12.8. The molecule has 17 heteroatoms. The van der Waals surface area contributed by atoms with Crippen LogP contribution in [0.5, 0.6) is 5.75 Å². The van der Waals surface area contributed by atoms with Gasteiger partial charge in [0.2, 0.25) is 0 Å². The second-order valence-corrected chi connectivity index (χ2v) is 14.8. The molecule has 0 spiro atoms. The van der Waals surface area contributed by atoms with E-state index in [0.717, 1.165) is 30.7 Å². The van der Waals surface area contributed by atoms with Crippen molar-refractivity contribution >= 4 is 33.3 Å². The second kappa shape index (κ2) is 16.9. The summed E-state index contributed by atoms with van der Waals surface area (Å²) in [5, 5.41) is 15.2. The normalized spacial score (nSPS) is 20.2. The van der Waals surface area contributed by atoms with E-state index in [0.29, 0.717) is 19.4 Å². The van der Waals surface area contributed by atoms with E-state index in [1.54, 1.807) is 26.1 Å². The topological polar surface area (TPSA) is 155 Å². The highest BCUT2D eigenvalue weighted by Crippen LogP contribution is 2.31. The maximum atomic E-state index is 14.3. The molecule has 1 aliphatic heterocycles. The van der Waals surface area contributed by atoms with Crippen molar-refractivity contribution < 1.29 is 45.8 Å². The minimum Gasteiger partial charge on any atom is -0.490 e. The van der Waals surface area contributed by atoms with Gasteiger partial charge in [0, 0.05) is 57.3 Å². The number of urea groups is 1. The quantitative estimate of drug-likeness (QED) is 0.285. The maximum Gasteiger partial charge on any atom is 0.416 e. The average Bonchev–Trinajstić information content (AvgIpc) is 3.52. The zero-order valence-electron chi connectivity index (χ0n) is 29.2. The fraction of sp³-hybridized carbons (Fsp3) is 0.500. The monoisotopic (exact) mass is 738 g/mol. The van der Waals surface area contributed by atoms with Crippen LogP contribution in [0.4, 0.5) is 29.3 Å². The number of sulfonamides is 1. The van der Waals surface area contributed by atoms with Gasteiger partial charge in [-0.2, -0.15) is 17.5 Å². The highest BCUT2D eigenvalue weighted by Gasteiger charge is 2.33. The van der Waals surface area contributed by atoms with Gasteiger partial charge in [-0.3, -0.25) is 4.79 Å². The summed E-state index contributed by atoms with van der Waals surface area (Å²) >= 11 is 0. The van der Waals surface area contributed by atoms with Gasteiger partial charge in [0.25, 0.3) is 15.9 Å². The number of likely N-dealkylation sites (N-methyl/N-ethyl adjacent to an activating group) is 1. The summed E-state index contributed by atoms with van der Waals surface area (Å²) in [5.74, 6) is -0.663. The number of carbonyl (C=O) groups excluding carboxylic acids is 2. The number of rotatable bonds is 8. The van der Waals surface area contributed by atoms with Crippen molar-refractivity contribution in [2.75, 3.05) is 44.0 Å². The molecule has 3 N–H and O–H groups in total. The number of hydrogen-bond acceptors (Lipinski definition) is 8. The molecule has 51 heavy (non-hydrogen) atoms. The van der Waals surface area contributed by atoms with Gasteiger partial charge in [0.05, 0.1) is 42.3 Å². The van der Waals surface area contributed by atoms with Crippen molar-refractivity contribution in [3.8, 4) is 5.75 Å². The van der Waals surface area contributed by atoms with Crippen molar-refractivity contribution in [1.82, 2.24) is 18.8 Å². The molecular formula is C34H45F3N6O7S. The van der Waals surface area contributed by atoms with Gasteiger partial charge in [-0.1, -0.05) is 6.92 Å². The Kier molecular flexibility index (Phi) is 13.1. The first kappa shape index (κ1) is 39.6. The molecule has 0 unspecified atom stereocenters. The minimum absolute atomic E-state index is 0.0200. The highest BCUT2D eigenvalue weighted by molar-refractivity contribution is 7.89. The lowest BCUT2D eigenvalue weighted by Gasteiger charge is -2.35. The molecule has 1 aliphatic rings. The summed E-state index contributed by atoms with van der Waals surface area (Å²) in [6, 6.07) is 7.06. The van der Waals surface area contributed by atoms with Crippen molar-refractivity contribution in [3.63, 3.8) is 0 Å². The van der Waals surface area contributed by atoms with E-state index in [1.165, 1.54) is 39.4 Å². The molecule has 280 valence electrons. The fourth-order valence-electron chi connectivity index (χ4n) is 5.53. The summed E-state index contributed by atoms with van der Waals surface area (Å²) in [6.45, 7) is 5.40. The van der Waals surface area contributed by atoms with E-state index in [2.05, 4.69) is 15.6 Å². The Bertz CT molecular complexity index is 1750. The summed E-state index contributed by atoms with van der Waals surface area (Å²) in [6.07, 6.45) is -0.630. The molecule has 0 bridgehead atoms. The van der Waals surface area contributed by atoms with Crippen LogP contribution in [0.2, 0.25) is 0 Å². The zero-order valence-corrected chi connectivity index (χ0v) is 30.0. The summed E-state index contributed by atoms with van der Waals surface area (Å²) in [4.78, 5) is 32.6. The van der Waals surface area contributed by atoms with E-state index < -0.39 is 51.8 Å². The number of carbonyl (C=O) groups is 2. The summed E-state index contributed by atoms with van der Waals surface area (Å²) in [7, 11) is -0.820. The number of imidazole rings is 1. The van der Waals surface area contributed by atoms with Crippen LogP contribution in [-0.4, -0.2) is 95.8 Å². The molecule has 13 nitrogen and oxygen atoms in total. The van der Waals surface area contributed by atoms with Gasteiger partial charge in [-0.15, -0.1) is 0 Å². The number of anilines is 2. The lowest BCUT2D eigenvalue weighted by atomic mass is 10.0. The highest BCUT2D eigenvalue weighted by atomic mass is 32.2. The molecule has 2 heterocycles. The third-order valence-electron chi connectivity index (χ3n) is 8.57. The number of aliphatic hydroxyl groups is 1.